The third kappa shape index (κ3) is 6.37. The minimum absolute atomic E-state index is 0.264. The van der Waals surface area contributed by atoms with Gasteiger partial charge in [0.1, 0.15) is 18.4 Å². The second-order valence-corrected chi connectivity index (χ2v) is 9.59. The Morgan fingerprint density at radius 3 is 2.33 bits per heavy atom. The first-order valence-electron chi connectivity index (χ1n) is 9.89. The van der Waals surface area contributed by atoms with E-state index in [0.717, 1.165) is 21.9 Å². The van der Waals surface area contributed by atoms with E-state index in [-0.39, 0.29) is 19.1 Å². The van der Waals surface area contributed by atoms with E-state index in [2.05, 4.69) is 19.2 Å². The summed E-state index contributed by atoms with van der Waals surface area (Å²) in [7, 11) is -3.68. The summed E-state index contributed by atoms with van der Waals surface area (Å²) in [6, 6.07) is 13.3. The number of ether oxygens (including phenoxy) is 1. The van der Waals surface area contributed by atoms with Crippen LogP contribution in [0, 0.1) is 0 Å². The molecule has 0 spiro atoms. The van der Waals surface area contributed by atoms with Crippen LogP contribution in [0.4, 0.5) is 5.69 Å². The SMILES string of the molecule is CC[C@H](C(=O)NCCOc1ccccc1C(C)C)N(c1ccc(Cl)cc1)S(C)(=O)=O. The van der Waals surface area contributed by atoms with Crippen LogP contribution in [0.25, 0.3) is 0 Å². The number of rotatable bonds is 10. The summed E-state index contributed by atoms with van der Waals surface area (Å²) in [6.45, 7) is 6.50. The topological polar surface area (TPSA) is 75.7 Å². The molecule has 164 valence electrons. The summed E-state index contributed by atoms with van der Waals surface area (Å²) in [5, 5.41) is 3.28. The molecule has 0 aliphatic carbocycles. The van der Waals surface area contributed by atoms with E-state index in [9.17, 15) is 13.2 Å². The first-order valence-corrected chi connectivity index (χ1v) is 12.1. The summed E-state index contributed by atoms with van der Waals surface area (Å²) in [5.74, 6) is 0.731. The molecular weight excluding hydrogens is 424 g/mol. The second kappa shape index (κ2) is 10.7. The molecule has 1 atom stereocenters. The zero-order chi connectivity index (χ0) is 22.3. The van der Waals surface area contributed by atoms with Crippen LogP contribution in [0.5, 0.6) is 5.75 Å². The third-order valence-electron chi connectivity index (χ3n) is 4.61. The van der Waals surface area contributed by atoms with Crippen molar-refractivity contribution in [2.75, 3.05) is 23.7 Å². The summed E-state index contributed by atoms with van der Waals surface area (Å²) < 4.78 is 31.8. The van der Waals surface area contributed by atoms with E-state index in [1.54, 1.807) is 31.2 Å². The van der Waals surface area contributed by atoms with Gasteiger partial charge >= 0.3 is 0 Å². The van der Waals surface area contributed by atoms with Crippen molar-refractivity contribution in [2.45, 2.75) is 39.2 Å². The number of halogens is 1. The highest BCUT2D eigenvalue weighted by Crippen LogP contribution is 2.26. The molecule has 2 aromatic rings. The average Bonchev–Trinajstić information content (AvgIpc) is 2.69. The molecule has 0 aliphatic rings. The van der Waals surface area contributed by atoms with Gasteiger partial charge in [0.15, 0.2) is 0 Å². The number of anilines is 1. The van der Waals surface area contributed by atoms with Crippen molar-refractivity contribution >= 4 is 33.2 Å². The molecule has 0 aliphatic heterocycles. The smallest absolute Gasteiger partial charge is 0.244 e. The average molecular weight is 453 g/mol. The maximum atomic E-state index is 12.8. The van der Waals surface area contributed by atoms with Crippen molar-refractivity contribution in [3.05, 3.63) is 59.1 Å². The van der Waals surface area contributed by atoms with Gasteiger partial charge in [0.25, 0.3) is 0 Å². The molecule has 0 bridgehead atoms. The lowest BCUT2D eigenvalue weighted by molar-refractivity contribution is -0.122. The van der Waals surface area contributed by atoms with Gasteiger partial charge in [0, 0.05) is 5.02 Å². The van der Waals surface area contributed by atoms with Crippen molar-refractivity contribution in [3.8, 4) is 5.75 Å². The fourth-order valence-corrected chi connectivity index (χ4v) is 4.53. The molecule has 0 radical (unpaired) electrons. The van der Waals surface area contributed by atoms with Gasteiger partial charge in [-0.05, 0) is 48.2 Å². The number of amides is 1. The molecule has 0 unspecified atom stereocenters. The van der Waals surface area contributed by atoms with E-state index < -0.39 is 16.1 Å². The van der Waals surface area contributed by atoms with Crippen LogP contribution in [0.15, 0.2) is 48.5 Å². The molecule has 0 fully saturated rings. The second-order valence-electron chi connectivity index (χ2n) is 7.29. The van der Waals surface area contributed by atoms with Crippen molar-refractivity contribution < 1.29 is 17.9 Å². The van der Waals surface area contributed by atoms with E-state index in [1.165, 1.54) is 0 Å². The zero-order valence-corrected chi connectivity index (χ0v) is 19.3. The Morgan fingerprint density at radius 1 is 1.13 bits per heavy atom. The van der Waals surface area contributed by atoms with Crippen molar-refractivity contribution in [1.29, 1.82) is 0 Å². The Bertz CT molecular complexity index is 946. The number of nitrogens with zero attached hydrogens (tertiary/aromatic N) is 1. The fourth-order valence-electron chi connectivity index (χ4n) is 3.19. The molecule has 6 nitrogen and oxygen atoms in total. The van der Waals surface area contributed by atoms with Crippen LogP contribution in [-0.2, 0) is 14.8 Å². The molecule has 1 amide bonds. The summed E-state index contributed by atoms with van der Waals surface area (Å²) >= 11 is 5.91. The monoisotopic (exact) mass is 452 g/mol. The molecule has 8 heteroatoms. The first-order chi connectivity index (χ1) is 14.1. The molecule has 30 heavy (non-hydrogen) atoms. The minimum Gasteiger partial charge on any atom is -0.491 e. The molecule has 0 heterocycles. The molecular formula is C22H29ClN2O4S. The van der Waals surface area contributed by atoms with Crippen LogP contribution >= 0.6 is 11.6 Å². The Labute approximate surface area is 184 Å². The quantitative estimate of drug-likeness (QED) is 0.548. The van der Waals surface area contributed by atoms with Gasteiger partial charge in [-0.2, -0.15) is 0 Å². The number of para-hydroxylation sites is 1. The Kier molecular flexibility index (Phi) is 8.55. The largest absolute Gasteiger partial charge is 0.491 e. The Hall–Kier alpha value is -2.25. The summed E-state index contributed by atoms with van der Waals surface area (Å²) in [4.78, 5) is 12.8. The van der Waals surface area contributed by atoms with Crippen molar-refractivity contribution in [2.24, 2.45) is 0 Å². The van der Waals surface area contributed by atoms with Crippen molar-refractivity contribution in [1.82, 2.24) is 5.32 Å². The maximum Gasteiger partial charge on any atom is 0.244 e. The van der Waals surface area contributed by atoms with Gasteiger partial charge < -0.3 is 10.1 Å². The number of nitrogens with one attached hydrogen (secondary N) is 1. The van der Waals surface area contributed by atoms with E-state index >= 15 is 0 Å². The zero-order valence-electron chi connectivity index (χ0n) is 17.8. The van der Waals surface area contributed by atoms with Crippen LogP contribution in [-0.4, -0.2) is 39.8 Å². The van der Waals surface area contributed by atoms with Gasteiger partial charge in [0.05, 0.1) is 18.5 Å². The standard InChI is InChI=1S/C22H29ClN2O4S/c1-5-20(25(30(4,27)28)18-12-10-17(23)11-13-18)22(26)24-14-15-29-21-9-7-6-8-19(21)16(2)3/h6-13,16,20H,5,14-15H2,1-4H3,(H,24,26)/t20-/m1/s1. The predicted molar refractivity (Wildman–Crippen MR) is 122 cm³/mol. The van der Waals surface area contributed by atoms with Gasteiger partial charge in [-0.15, -0.1) is 0 Å². The number of hydrogen-bond donors (Lipinski definition) is 1. The highest BCUT2D eigenvalue weighted by Gasteiger charge is 2.31. The number of carbonyl (C=O) groups is 1. The number of benzene rings is 2. The van der Waals surface area contributed by atoms with Crippen molar-refractivity contribution in [3.63, 3.8) is 0 Å². The number of hydrogen-bond acceptors (Lipinski definition) is 4. The lowest BCUT2D eigenvalue weighted by Gasteiger charge is -2.30. The van der Waals surface area contributed by atoms with Gasteiger partial charge in [-0.25, -0.2) is 8.42 Å². The maximum absolute atomic E-state index is 12.8. The predicted octanol–water partition coefficient (Wildman–Crippen LogP) is 4.20. The first kappa shape index (κ1) is 24.0. The van der Waals surface area contributed by atoms with Crippen LogP contribution in [0.1, 0.15) is 38.7 Å². The normalized spacial score (nSPS) is 12.5. The summed E-state index contributed by atoms with van der Waals surface area (Å²) in [6.07, 6.45) is 1.40. The minimum atomic E-state index is -3.68. The fraction of sp³-hybridized carbons (Fsp3) is 0.409. The Balaban J connectivity index is 2.05. The van der Waals surface area contributed by atoms with Gasteiger partial charge in [-0.1, -0.05) is 50.6 Å². The Morgan fingerprint density at radius 2 is 1.77 bits per heavy atom. The lowest BCUT2D eigenvalue weighted by Crippen LogP contribution is -2.50. The number of sulfonamides is 1. The van der Waals surface area contributed by atoms with E-state index in [4.69, 9.17) is 16.3 Å². The molecule has 2 aromatic carbocycles. The third-order valence-corrected chi connectivity index (χ3v) is 6.04. The van der Waals surface area contributed by atoms with Gasteiger partial charge in [-0.3, -0.25) is 9.10 Å². The van der Waals surface area contributed by atoms with E-state index in [1.807, 2.05) is 24.3 Å². The van der Waals surface area contributed by atoms with Crippen LogP contribution in [0.2, 0.25) is 5.02 Å². The highest BCUT2D eigenvalue weighted by atomic mass is 35.5. The van der Waals surface area contributed by atoms with Crippen LogP contribution in [0.3, 0.4) is 0 Å². The molecule has 2 rings (SSSR count). The van der Waals surface area contributed by atoms with Gasteiger partial charge in [0.2, 0.25) is 15.9 Å². The van der Waals surface area contributed by atoms with E-state index in [0.29, 0.717) is 23.0 Å². The highest BCUT2D eigenvalue weighted by molar-refractivity contribution is 7.92. The molecule has 1 N–H and O–H groups in total. The number of carbonyl (C=O) groups excluding carboxylic acids is 1. The summed E-state index contributed by atoms with van der Waals surface area (Å²) in [5.41, 5.74) is 1.49. The molecule has 0 saturated carbocycles. The lowest BCUT2D eigenvalue weighted by atomic mass is 10.0. The molecule has 0 aromatic heterocycles. The van der Waals surface area contributed by atoms with Crippen LogP contribution < -0.4 is 14.4 Å². The molecule has 0 saturated heterocycles.